The maximum Gasteiger partial charge on any atom is 0.416 e. The van der Waals surface area contributed by atoms with Crippen LogP contribution in [-0.4, -0.2) is 35.4 Å². The fraction of sp³-hybridized carbons (Fsp3) is 0.375. The third-order valence-electron chi connectivity index (χ3n) is 3.24. The lowest BCUT2D eigenvalue weighted by Crippen LogP contribution is -2.29. The Morgan fingerprint density at radius 3 is 2.58 bits per heavy atom. The highest BCUT2D eigenvalue weighted by atomic mass is 19.4. The number of aromatic nitrogens is 2. The number of hydrogen-bond acceptors (Lipinski definition) is 3. The van der Waals surface area contributed by atoms with Gasteiger partial charge in [-0.15, -0.1) is 0 Å². The summed E-state index contributed by atoms with van der Waals surface area (Å²) in [6.45, 7) is 1.82. The van der Waals surface area contributed by atoms with E-state index in [2.05, 4.69) is 10.4 Å². The molecule has 0 aliphatic heterocycles. The molecule has 0 bridgehead atoms. The monoisotopic (exact) mass is 341 g/mol. The fourth-order valence-corrected chi connectivity index (χ4v) is 2.01. The number of nitrogens with zero attached hydrogens (tertiary/aromatic N) is 2. The van der Waals surface area contributed by atoms with Gasteiger partial charge in [-0.2, -0.15) is 18.3 Å². The standard InChI is InChI=1S/C16H18F3N3O2/c17-16(18,19)14-4-2-13(3-5-14)12-15(23)20-7-10-24-11-9-22-8-1-6-21-22/h1-6,8H,7,9-12H2,(H,20,23). The Hall–Kier alpha value is -2.35. The Labute approximate surface area is 137 Å². The van der Waals surface area contributed by atoms with Crippen LogP contribution in [0.15, 0.2) is 42.7 Å². The quantitative estimate of drug-likeness (QED) is 0.750. The normalized spacial score (nSPS) is 11.5. The van der Waals surface area contributed by atoms with E-state index in [4.69, 9.17) is 4.74 Å². The van der Waals surface area contributed by atoms with Crippen LogP contribution in [0.3, 0.4) is 0 Å². The maximum atomic E-state index is 12.4. The predicted molar refractivity (Wildman–Crippen MR) is 81.2 cm³/mol. The number of amides is 1. The van der Waals surface area contributed by atoms with Gasteiger partial charge in [0.2, 0.25) is 5.91 Å². The summed E-state index contributed by atoms with van der Waals surface area (Å²) in [5.74, 6) is -0.259. The van der Waals surface area contributed by atoms with Gasteiger partial charge in [0.05, 0.1) is 31.7 Å². The molecule has 1 heterocycles. The lowest BCUT2D eigenvalue weighted by atomic mass is 10.1. The summed E-state index contributed by atoms with van der Waals surface area (Å²) in [4.78, 5) is 11.7. The molecule has 0 saturated heterocycles. The van der Waals surface area contributed by atoms with Crippen molar-refractivity contribution in [3.63, 3.8) is 0 Å². The highest BCUT2D eigenvalue weighted by molar-refractivity contribution is 5.78. The smallest absolute Gasteiger partial charge is 0.378 e. The van der Waals surface area contributed by atoms with E-state index in [0.717, 1.165) is 12.1 Å². The SMILES string of the molecule is O=C(Cc1ccc(C(F)(F)F)cc1)NCCOCCn1cccn1. The molecule has 1 N–H and O–H groups in total. The van der Waals surface area contributed by atoms with E-state index in [9.17, 15) is 18.0 Å². The van der Waals surface area contributed by atoms with Gasteiger partial charge in [0.15, 0.2) is 0 Å². The van der Waals surface area contributed by atoms with E-state index < -0.39 is 11.7 Å². The van der Waals surface area contributed by atoms with Crippen molar-refractivity contribution in [3.8, 4) is 0 Å². The summed E-state index contributed by atoms with van der Waals surface area (Å²) in [5.41, 5.74) is -0.197. The molecular weight excluding hydrogens is 323 g/mol. The molecule has 1 aromatic heterocycles. The van der Waals surface area contributed by atoms with Crippen molar-refractivity contribution >= 4 is 5.91 Å². The molecule has 8 heteroatoms. The predicted octanol–water partition coefficient (Wildman–Crippen LogP) is 2.28. The van der Waals surface area contributed by atoms with Crippen LogP contribution in [0, 0.1) is 0 Å². The third kappa shape index (κ3) is 6.04. The Morgan fingerprint density at radius 2 is 1.96 bits per heavy atom. The molecule has 130 valence electrons. The van der Waals surface area contributed by atoms with Crippen molar-refractivity contribution in [3.05, 3.63) is 53.9 Å². The number of carbonyl (C=O) groups excluding carboxylic acids is 1. The second-order valence-electron chi connectivity index (χ2n) is 5.10. The zero-order valence-electron chi connectivity index (χ0n) is 12.9. The first-order valence-corrected chi connectivity index (χ1v) is 7.43. The second kappa shape index (κ2) is 8.49. The van der Waals surface area contributed by atoms with Crippen LogP contribution in [0.2, 0.25) is 0 Å². The van der Waals surface area contributed by atoms with E-state index in [1.165, 1.54) is 12.1 Å². The highest BCUT2D eigenvalue weighted by Crippen LogP contribution is 2.29. The molecule has 2 rings (SSSR count). The van der Waals surface area contributed by atoms with Crippen molar-refractivity contribution in [2.75, 3.05) is 19.8 Å². The molecule has 24 heavy (non-hydrogen) atoms. The summed E-state index contributed by atoms with van der Waals surface area (Å²) in [6, 6.07) is 6.38. The summed E-state index contributed by atoms with van der Waals surface area (Å²) < 4.78 is 44.4. The van der Waals surface area contributed by atoms with Crippen LogP contribution in [0.1, 0.15) is 11.1 Å². The molecule has 1 aromatic carbocycles. The average molecular weight is 341 g/mol. The molecule has 0 spiro atoms. The van der Waals surface area contributed by atoms with Crippen LogP contribution >= 0.6 is 0 Å². The van der Waals surface area contributed by atoms with Gasteiger partial charge in [-0.05, 0) is 23.8 Å². The van der Waals surface area contributed by atoms with Gasteiger partial charge in [-0.25, -0.2) is 0 Å². The second-order valence-corrected chi connectivity index (χ2v) is 5.10. The topological polar surface area (TPSA) is 56.1 Å². The Bertz CT molecular complexity index is 625. The summed E-state index contributed by atoms with van der Waals surface area (Å²) in [7, 11) is 0. The Balaban J connectivity index is 1.61. The number of hydrogen-bond donors (Lipinski definition) is 1. The van der Waals surface area contributed by atoms with E-state index in [-0.39, 0.29) is 12.3 Å². The molecule has 1 amide bonds. The van der Waals surface area contributed by atoms with Crippen molar-refractivity contribution < 1.29 is 22.7 Å². The van der Waals surface area contributed by atoms with Crippen LogP contribution in [-0.2, 0) is 28.7 Å². The molecule has 0 radical (unpaired) electrons. The molecule has 0 unspecified atom stereocenters. The molecule has 2 aromatic rings. The molecule has 0 aliphatic carbocycles. The number of nitrogens with one attached hydrogen (secondary N) is 1. The van der Waals surface area contributed by atoms with Gasteiger partial charge in [-0.3, -0.25) is 9.48 Å². The van der Waals surface area contributed by atoms with Crippen molar-refractivity contribution in [1.82, 2.24) is 15.1 Å². The van der Waals surface area contributed by atoms with Crippen LogP contribution in [0.5, 0.6) is 0 Å². The first kappa shape index (κ1) is 18.0. The van der Waals surface area contributed by atoms with Crippen molar-refractivity contribution in [2.45, 2.75) is 19.1 Å². The maximum absolute atomic E-state index is 12.4. The number of ether oxygens (including phenoxy) is 1. The number of carbonyl (C=O) groups is 1. The zero-order valence-corrected chi connectivity index (χ0v) is 12.9. The first-order chi connectivity index (χ1) is 11.4. The summed E-state index contributed by atoms with van der Waals surface area (Å²) in [5, 5.41) is 6.69. The van der Waals surface area contributed by atoms with E-state index in [1.807, 2.05) is 12.3 Å². The van der Waals surface area contributed by atoms with Gasteiger partial charge < -0.3 is 10.1 Å². The largest absolute Gasteiger partial charge is 0.416 e. The van der Waals surface area contributed by atoms with Crippen molar-refractivity contribution in [2.24, 2.45) is 0 Å². The minimum absolute atomic E-state index is 0.0332. The lowest BCUT2D eigenvalue weighted by molar-refractivity contribution is -0.137. The Morgan fingerprint density at radius 1 is 1.21 bits per heavy atom. The van der Waals surface area contributed by atoms with E-state index in [1.54, 1.807) is 10.9 Å². The van der Waals surface area contributed by atoms with Gasteiger partial charge in [0.1, 0.15) is 0 Å². The number of rotatable bonds is 8. The number of benzene rings is 1. The minimum atomic E-state index is -4.37. The third-order valence-corrected chi connectivity index (χ3v) is 3.24. The fourth-order valence-electron chi connectivity index (χ4n) is 2.01. The van der Waals surface area contributed by atoms with Gasteiger partial charge >= 0.3 is 6.18 Å². The number of halogens is 3. The van der Waals surface area contributed by atoms with Crippen LogP contribution in [0.4, 0.5) is 13.2 Å². The van der Waals surface area contributed by atoms with E-state index in [0.29, 0.717) is 31.9 Å². The zero-order chi connectivity index (χ0) is 17.4. The van der Waals surface area contributed by atoms with Gasteiger partial charge in [0.25, 0.3) is 0 Å². The minimum Gasteiger partial charge on any atom is -0.378 e. The van der Waals surface area contributed by atoms with Crippen LogP contribution < -0.4 is 5.32 Å². The molecule has 0 aliphatic rings. The highest BCUT2D eigenvalue weighted by Gasteiger charge is 2.29. The first-order valence-electron chi connectivity index (χ1n) is 7.43. The molecule has 0 saturated carbocycles. The van der Waals surface area contributed by atoms with Crippen LogP contribution in [0.25, 0.3) is 0 Å². The molecule has 0 fully saturated rings. The molecular formula is C16H18F3N3O2. The number of alkyl halides is 3. The Kier molecular flexibility index (Phi) is 6.36. The molecule has 0 atom stereocenters. The lowest BCUT2D eigenvalue weighted by Gasteiger charge is -2.08. The summed E-state index contributed by atoms with van der Waals surface area (Å²) in [6.07, 6.45) is -0.823. The van der Waals surface area contributed by atoms with Gasteiger partial charge in [0, 0.05) is 18.9 Å². The average Bonchev–Trinajstić information content (AvgIpc) is 3.03. The van der Waals surface area contributed by atoms with E-state index >= 15 is 0 Å². The summed E-state index contributed by atoms with van der Waals surface area (Å²) >= 11 is 0. The van der Waals surface area contributed by atoms with Gasteiger partial charge in [-0.1, -0.05) is 12.1 Å². The molecule has 5 nitrogen and oxygen atoms in total. The van der Waals surface area contributed by atoms with Crippen molar-refractivity contribution in [1.29, 1.82) is 0 Å².